The highest BCUT2D eigenvalue weighted by Crippen LogP contribution is 2.23. The number of halogens is 2. The van der Waals surface area contributed by atoms with E-state index in [4.69, 9.17) is 0 Å². The summed E-state index contributed by atoms with van der Waals surface area (Å²) in [4.78, 5) is 14.0. The van der Waals surface area contributed by atoms with E-state index in [1.165, 1.54) is 48.4 Å². The zero-order chi connectivity index (χ0) is 20.2. The number of sulfonamides is 1. The highest BCUT2D eigenvalue weighted by atomic mass is 32.2. The van der Waals surface area contributed by atoms with E-state index in [0.717, 1.165) is 12.1 Å². The number of rotatable bonds is 7. The largest absolute Gasteiger partial charge is 0.335 e. The second kappa shape index (κ2) is 8.41. The van der Waals surface area contributed by atoms with E-state index in [0.29, 0.717) is 5.56 Å². The van der Waals surface area contributed by atoms with Crippen LogP contribution in [0.5, 0.6) is 0 Å². The molecule has 0 aliphatic carbocycles. The van der Waals surface area contributed by atoms with Crippen LogP contribution in [0.2, 0.25) is 0 Å². The van der Waals surface area contributed by atoms with Crippen LogP contribution in [-0.2, 0) is 10.0 Å². The van der Waals surface area contributed by atoms with Crippen molar-refractivity contribution in [3.8, 4) is 0 Å². The van der Waals surface area contributed by atoms with Crippen LogP contribution in [-0.4, -0.2) is 32.8 Å². The van der Waals surface area contributed by atoms with E-state index in [2.05, 4.69) is 11.3 Å². The van der Waals surface area contributed by atoms with E-state index >= 15 is 0 Å². The summed E-state index contributed by atoms with van der Waals surface area (Å²) in [5.41, 5.74) is 0.715. The van der Waals surface area contributed by atoms with Crippen LogP contribution in [0.25, 0.3) is 0 Å². The quantitative estimate of drug-likeness (QED) is 0.733. The number of amides is 1. The first-order valence-corrected chi connectivity index (χ1v) is 9.58. The first kappa shape index (κ1) is 20.7. The van der Waals surface area contributed by atoms with Crippen molar-refractivity contribution in [3.05, 3.63) is 77.9 Å². The van der Waals surface area contributed by atoms with Crippen LogP contribution >= 0.6 is 0 Å². The van der Waals surface area contributed by atoms with Gasteiger partial charge in [0.2, 0.25) is 10.0 Å². The van der Waals surface area contributed by atoms with E-state index < -0.39 is 27.7 Å². The van der Waals surface area contributed by atoms with Crippen molar-refractivity contribution in [1.29, 1.82) is 0 Å². The summed E-state index contributed by atoms with van der Waals surface area (Å²) in [6, 6.07) is 8.42. The molecule has 144 valence electrons. The Labute approximate surface area is 157 Å². The number of hydrogen-bond acceptors (Lipinski definition) is 3. The highest BCUT2D eigenvalue weighted by molar-refractivity contribution is 7.89. The van der Waals surface area contributed by atoms with Gasteiger partial charge in [0.05, 0.1) is 10.9 Å². The van der Waals surface area contributed by atoms with Gasteiger partial charge in [-0.05, 0) is 48.9 Å². The summed E-state index contributed by atoms with van der Waals surface area (Å²) >= 11 is 0. The molecule has 2 aromatic carbocycles. The lowest BCUT2D eigenvalue weighted by atomic mass is 10.1. The first-order valence-electron chi connectivity index (χ1n) is 8.10. The monoisotopic (exact) mass is 394 g/mol. The lowest BCUT2D eigenvalue weighted by Crippen LogP contribution is -2.30. The third-order valence-electron chi connectivity index (χ3n) is 4.16. The molecule has 0 aliphatic rings. The van der Waals surface area contributed by atoms with Gasteiger partial charge in [-0.1, -0.05) is 12.1 Å². The fourth-order valence-corrected chi connectivity index (χ4v) is 3.40. The standard InChI is InChI=1S/C19H20F2N2O3S/c1-4-11-22-27(25,26)16-8-5-14(6-9-16)19(24)23(3)13(2)15-7-10-17(20)18(21)12-15/h4-10,12-13,22H,1,11H2,2-3H3. The Hall–Kier alpha value is -2.58. The molecule has 1 N–H and O–H groups in total. The van der Waals surface area contributed by atoms with Crippen molar-refractivity contribution in [3.63, 3.8) is 0 Å². The molecule has 2 aromatic rings. The summed E-state index contributed by atoms with van der Waals surface area (Å²) in [5, 5.41) is 0. The molecule has 0 spiro atoms. The summed E-state index contributed by atoms with van der Waals surface area (Å²) in [5.74, 6) is -2.32. The number of nitrogens with one attached hydrogen (secondary N) is 1. The van der Waals surface area contributed by atoms with Crippen molar-refractivity contribution >= 4 is 15.9 Å². The Balaban J connectivity index is 2.18. The minimum Gasteiger partial charge on any atom is -0.335 e. The maximum absolute atomic E-state index is 13.4. The van der Waals surface area contributed by atoms with Crippen molar-refractivity contribution in [1.82, 2.24) is 9.62 Å². The maximum Gasteiger partial charge on any atom is 0.254 e. The third kappa shape index (κ3) is 4.78. The minimum atomic E-state index is -3.68. The van der Waals surface area contributed by atoms with Gasteiger partial charge in [0.25, 0.3) is 5.91 Å². The third-order valence-corrected chi connectivity index (χ3v) is 5.60. The highest BCUT2D eigenvalue weighted by Gasteiger charge is 2.21. The van der Waals surface area contributed by atoms with Crippen molar-refractivity contribution < 1.29 is 22.0 Å². The summed E-state index contributed by atoms with van der Waals surface area (Å²) < 4.78 is 52.9. The molecule has 0 fully saturated rings. The van der Waals surface area contributed by atoms with E-state index in [9.17, 15) is 22.0 Å². The van der Waals surface area contributed by atoms with Crippen LogP contribution < -0.4 is 4.72 Å². The number of benzene rings is 2. The molecule has 0 bridgehead atoms. The average Bonchev–Trinajstić information content (AvgIpc) is 2.67. The Bertz CT molecular complexity index is 944. The maximum atomic E-state index is 13.4. The van der Waals surface area contributed by atoms with Gasteiger partial charge in [0.15, 0.2) is 11.6 Å². The SMILES string of the molecule is C=CCNS(=O)(=O)c1ccc(C(=O)N(C)C(C)c2ccc(F)c(F)c2)cc1. The molecule has 0 heterocycles. The smallest absolute Gasteiger partial charge is 0.254 e. The van der Waals surface area contributed by atoms with Crippen LogP contribution in [0.4, 0.5) is 8.78 Å². The second-order valence-corrected chi connectivity index (χ2v) is 7.70. The zero-order valence-electron chi connectivity index (χ0n) is 14.9. The fraction of sp³-hybridized carbons (Fsp3) is 0.211. The predicted molar refractivity (Wildman–Crippen MR) is 98.7 cm³/mol. The van der Waals surface area contributed by atoms with E-state index in [1.807, 2.05) is 0 Å². The van der Waals surface area contributed by atoms with Gasteiger partial charge in [0, 0.05) is 19.2 Å². The molecule has 1 unspecified atom stereocenters. The van der Waals surface area contributed by atoms with Gasteiger partial charge < -0.3 is 4.90 Å². The van der Waals surface area contributed by atoms with Gasteiger partial charge in [0.1, 0.15) is 0 Å². The van der Waals surface area contributed by atoms with Gasteiger partial charge >= 0.3 is 0 Å². The van der Waals surface area contributed by atoms with Crippen LogP contribution in [0.15, 0.2) is 60.0 Å². The Morgan fingerprint density at radius 1 is 1.19 bits per heavy atom. The van der Waals surface area contributed by atoms with E-state index in [1.54, 1.807) is 6.92 Å². The molecular weight excluding hydrogens is 374 g/mol. The number of carbonyl (C=O) groups is 1. The van der Waals surface area contributed by atoms with Crippen LogP contribution in [0, 0.1) is 11.6 Å². The average molecular weight is 394 g/mol. The summed E-state index contributed by atoms with van der Waals surface area (Å²) in [6.45, 7) is 5.22. The molecular formula is C19H20F2N2O3S. The van der Waals surface area contributed by atoms with Gasteiger partial charge in [-0.2, -0.15) is 0 Å². The van der Waals surface area contributed by atoms with Crippen molar-refractivity contribution in [2.75, 3.05) is 13.6 Å². The molecule has 8 heteroatoms. The molecule has 0 saturated carbocycles. The Morgan fingerprint density at radius 3 is 2.37 bits per heavy atom. The zero-order valence-corrected chi connectivity index (χ0v) is 15.8. The molecule has 2 rings (SSSR count). The molecule has 0 saturated heterocycles. The minimum absolute atomic E-state index is 0.0252. The normalized spacial score (nSPS) is 12.4. The van der Waals surface area contributed by atoms with Gasteiger partial charge in [-0.25, -0.2) is 21.9 Å². The van der Waals surface area contributed by atoms with Gasteiger partial charge in [-0.15, -0.1) is 6.58 Å². The van der Waals surface area contributed by atoms with Crippen molar-refractivity contribution in [2.24, 2.45) is 0 Å². The lowest BCUT2D eigenvalue weighted by molar-refractivity contribution is 0.0742. The molecule has 1 atom stereocenters. The fourth-order valence-electron chi connectivity index (χ4n) is 2.40. The molecule has 0 aromatic heterocycles. The summed E-state index contributed by atoms with van der Waals surface area (Å²) in [7, 11) is -2.14. The Morgan fingerprint density at radius 2 is 1.81 bits per heavy atom. The molecule has 5 nitrogen and oxygen atoms in total. The van der Waals surface area contributed by atoms with Crippen LogP contribution in [0.3, 0.4) is 0 Å². The molecule has 0 radical (unpaired) electrons. The second-order valence-electron chi connectivity index (χ2n) is 5.93. The number of carbonyl (C=O) groups excluding carboxylic acids is 1. The number of nitrogens with zero attached hydrogens (tertiary/aromatic N) is 1. The summed E-state index contributed by atoms with van der Waals surface area (Å²) in [6.07, 6.45) is 1.42. The molecule has 27 heavy (non-hydrogen) atoms. The Kier molecular flexibility index (Phi) is 6.45. The predicted octanol–water partition coefficient (Wildman–Crippen LogP) is 3.26. The molecule has 0 aliphatic heterocycles. The van der Waals surface area contributed by atoms with Crippen molar-refractivity contribution in [2.45, 2.75) is 17.9 Å². The lowest BCUT2D eigenvalue weighted by Gasteiger charge is -2.25. The first-order chi connectivity index (χ1) is 12.7. The molecule has 1 amide bonds. The number of hydrogen-bond donors (Lipinski definition) is 1. The van der Waals surface area contributed by atoms with Crippen LogP contribution in [0.1, 0.15) is 28.9 Å². The topological polar surface area (TPSA) is 66.5 Å². The van der Waals surface area contributed by atoms with E-state index in [-0.39, 0.29) is 22.9 Å². The van der Waals surface area contributed by atoms with Gasteiger partial charge in [-0.3, -0.25) is 4.79 Å².